The lowest BCUT2D eigenvalue weighted by Gasteiger charge is -2.31. The summed E-state index contributed by atoms with van der Waals surface area (Å²) in [5, 5.41) is 4.20. The van der Waals surface area contributed by atoms with Gasteiger partial charge in [0.15, 0.2) is 0 Å². The van der Waals surface area contributed by atoms with Crippen LogP contribution in [-0.2, 0) is 7.05 Å². The fraction of sp³-hybridized carbons (Fsp3) is 0.692. The number of hydrogen-bond donors (Lipinski definition) is 1. The first-order valence-corrected chi connectivity index (χ1v) is 6.63. The van der Waals surface area contributed by atoms with Crippen LogP contribution < -0.4 is 5.73 Å². The molecule has 5 heteroatoms. The van der Waals surface area contributed by atoms with Gasteiger partial charge in [-0.1, -0.05) is 13.3 Å². The molecular formula is C13H22N4O. The number of amides is 1. The van der Waals surface area contributed by atoms with E-state index in [2.05, 4.69) is 12.0 Å². The molecule has 0 aromatic carbocycles. The molecule has 0 unspecified atom stereocenters. The van der Waals surface area contributed by atoms with Gasteiger partial charge in [0, 0.05) is 20.1 Å². The predicted molar refractivity (Wildman–Crippen MR) is 71.3 cm³/mol. The number of anilines is 1. The Labute approximate surface area is 108 Å². The number of aromatic nitrogens is 2. The Morgan fingerprint density at radius 3 is 2.50 bits per heavy atom. The number of likely N-dealkylation sites (tertiary alicyclic amines) is 1. The van der Waals surface area contributed by atoms with Crippen molar-refractivity contribution in [2.24, 2.45) is 13.0 Å². The van der Waals surface area contributed by atoms with Crippen molar-refractivity contribution >= 4 is 11.6 Å². The van der Waals surface area contributed by atoms with Crippen LogP contribution in [0.25, 0.3) is 0 Å². The number of carbonyl (C=O) groups is 1. The van der Waals surface area contributed by atoms with Gasteiger partial charge in [-0.05, 0) is 25.7 Å². The standard InChI is InChI=1S/C13H22N4O/c1-4-10-5-7-17(8-6-10)13(18)12-11(14)9(2)15-16(12)3/h10H,4-8,14H2,1-3H3. The summed E-state index contributed by atoms with van der Waals surface area (Å²) in [6.45, 7) is 5.71. The molecule has 1 amide bonds. The summed E-state index contributed by atoms with van der Waals surface area (Å²) in [5.74, 6) is 0.782. The van der Waals surface area contributed by atoms with E-state index in [0.717, 1.165) is 37.5 Å². The van der Waals surface area contributed by atoms with Crippen molar-refractivity contribution < 1.29 is 4.79 Å². The molecule has 1 aromatic heterocycles. The van der Waals surface area contributed by atoms with E-state index in [1.807, 2.05) is 11.8 Å². The number of nitrogens with two attached hydrogens (primary N) is 1. The molecule has 2 heterocycles. The summed E-state index contributed by atoms with van der Waals surface area (Å²) in [4.78, 5) is 14.3. The maximum atomic E-state index is 12.4. The topological polar surface area (TPSA) is 64.2 Å². The summed E-state index contributed by atoms with van der Waals surface area (Å²) >= 11 is 0. The third-order valence-corrected chi connectivity index (χ3v) is 3.95. The Hall–Kier alpha value is -1.52. The van der Waals surface area contributed by atoms with E-state index in [-0.39, 0.29) is 5.91 Å². The van der Waals surface area contributed by atoms with Gasteiger partial charge in [0.05, 0.1) is 11.4 Å². The van der Waals surface area contributed by atoms with Crippen molar-refractivity contribution in [3.8, 4) is 0 Å². The van der Waals surface area contributed by atoms with Gasteiger partial charge in [-0.15, -0.1) is 0 Å². The summed E-state index contributed by atoms with van der Waals surface area (Å²) in [6.07, 6.45) is 3.40. The van der Waals surface area contributed by atoms with E-state index >= 15 is 0 Å². The Morgan fingerprint density at radius 2 is 2.06 bits per heavy atom. The first-order valence-electron chi connectivity index (χ1n) is 6.63. The van der Waals surface area contributed by atoms with Crippen molar-refractivity contribution in [2.75, 3.05) is 18.8 Å². The minimum absolute atomic E-state index is 0.0187. The lowest BCUT2D eigenvalue weighted by atomic mass is 9.94. The van der Waals surface area contributed by atoms with Crippen molar-refractivity contribution in [3.05, 3.63) is 11.4 Å². The van der Waals surface area contributed by atoms with Crippen LogP contribution in [0.2, 0.25) is 0 Å². The van der Waals surface area contributed by atoms with Crippen LogP contribution in [-0.4, -0.2) is 33.7 Å². The highest BCUT2D eigenvalue weighted by Gasteiger charge is 2.26. The van der Waals surface area contributed by atoms with Crippen LogP contribution in [0.15, 0.2) is 0 Å². The summed E-state index contributed by atoms with van der Waals surface area (Å²) in [6, 6.07) is 0. The minimum Gasteiger partial charge on any atom is -0.395 e. The summed E-state index contributed by atoms with van der Waals surface area (Å²) in [5.41, 5.74) is 7.70. The second-order valence-corrected chi connectivity index (χ2v) is 5.12. The third-order valence-electron chi connectivity index (χ3n) is 3.95. The van der Waals surface area contributed by atoms with Crippen LogP contribution in [0.1, 0.15) is 42.4 Å². The van der Waals surface area contributed by atoms with Crippen molar-refractivity contribution in [3.63, 3.8) is 0 Å². The normalized spacial score (nSPS) is 17.2. The molecule has 0 saturated carbocycles. The van der Waals surface area contributed by atoms with Crippen LogP contribution in [0.5, 0.6) is 0 Å². The fourth-order valence-electron chi connectivity index (χ4n) is 2.62. The molecule has 100 valence electrons. The quantitative estimate of drug-likeness (QED) is 0.866. The highest BCUT2D eigenvalue weighted by Crippen LogP contribution is 2.23. The van der Waals surface area contributed by atoms with Gasteiger partial charge in [-0.2, -0.15) is 5.10 Å². The molecule has 0 spiro atoms. The minimum atomic E-state index is 0.0187. The number of nitrogen functional groups attached to an aromatic ring is 1. The molecule has 1 aliphatic rings. The molecule has 18 heavy (non-hydrogen) atoms. The molecule has 0 bridgehead atoms. The van der Waals surface area contributed by atoms with Gasteiger partial charge in [-0.3, -0.25) is 9.48 Å². The van der Waals surface area contributed by atoms with Crippen LogP contribution in [0.3, 0.4) is 0 Å². The van der Waals surface area contributed by atoms with Crippen LogP contribution in [0, 0.1) is 12.8 Å². The van der Waals surface area contributed by atoms with Crippen LogP contribution >= 0.6 is 0 Å². The second-order valence-electron chi connectivity index (χ2n) is 5.12. The molecule has 1 saturated heterocycles. The maximum absolute atomic E-state index is 12.4. The fourth-order valence-corrected chi connectivity index (χ4v) is 2.62. The Morgan fingerprint density at radius 1 is 1.44 bits per heavy atom. The van der Waals surface area contributed by atoms with Gasteiger partial charge < -0.3 is 10.6 Å². The smallest absolute Gasteiger partial charge is 0.274 e. The first kappa shape index (κ1) is 12.9. The summed E-state index contributed by atoms with van der Waals surface area (Å²) < 4.78 is 1.60. The van der Waals surface area contributed by atoms with Crippen molar-refractivity contribution in [1.82, 2.24) is 14.7 Å². The maximum Gasteiger partial charge on any atom is 0.274 e. The highest BCUT2D eigenvalue weighted by atomic mass is 16.2. The molecule has 1 aromatic rings. The number of carbonyl (C=O) groups excluding carboxylic acids is 1. The van der Waals surface area contributed by atoms with E-state index in [1.165, 1.54) is 6.42 Å². The first-order chi connectivity index (χ1) is 8.54. The van der Waals surface area contributed by atoms with Crippen molar-refractivity contribution in [2.45, 2.75) is 33.1 Å². The molecule has 0 radical (unpaired) electrons. The Balaban J connectivity index is 2.13. The number of hydrogen-bond acceptors (Lipinski definition) is 3. The van der Waals surface area contributed by atoms with E-state index in [0.29, 0.717) is 11.4 Å². The van der Waals surface area contributed by atoms with E-state index < -0.39 is 0 Å². The van der Waals surface area contributed by atoms with E-state index in [1.54, 1.807) is 11.7 Å². The van der Waals surface area contributed by atoms with Gasteiger partial charge >= 0.3 is 0 Å². The molecule has 1 aliphatic heterocycles. The number of nitrogens with zero attached hydrogens (tertiary/aromatic N) is 3. The third kappa shape index (κ3) is 2.21. The molecule has 0 aliphatic carbocycles. The highest BCUT2D eigenvalue weighted by molar-refractivity contribution is 5.98. The monoisotopic (exact) mass is 250 g/mol. The number of aryl methyl sites for hydroxylation is 2. The van der Waals surface area contributed by atoms with E-state index in [4.69, 9.17) is 5.73 Å². The molecule has 5 nitrogen and oxygen atoms in total. The molecule has 2 N–H and O–H groups in total. The van der Waals surface area contributed by atoms with Gasteiger partial charge in [0.25, 0.3) is 5.91 Å². The Kier molecular flexibility index (Phi) is 3.59. The number of rotatable bonds is 2. The molecule has 1 fully saturated rings. The van der Waals surface area contributed by atoms with Crippen molar-refractivity contribution in [1.29, 1.82) is 0 Å². The summed E-state index contributed by atoms with van der Waals surface area (Å²) in [7, 11) is 1.77. The van der Waals surface area contributed by atoms with Crippen LogP contribution in [0.4, 0.5) is 5.69 Å². The van der Waals surface area contributed by atoms with Gasteiger partial charge in [-0.25, -0.2) is 0 Å². The van der Waals surface area contributed by atoms with Gasteiger partial charge in [0.1, 0.15) is 5.69 Å². The van der Waals surface area contributed by atoms with E-state index in [9.17, 15) is 4.79 Å². The number of piperidine rings is 1. The second kappa shape index (κ2) is 5.00. The SMILES string of the molecule is CCC1CCN(C(=O)c2c(N)c(C)nn2C)CC1. The zero-order valence-corrected chi connectivity index (χ0v) is 11.4. The molecule has 2 rings (SSSR count). The molecule has 0 atom stereocenters. The lowest BCUT2D eigenvalue weighted by molar-refractivity contribution is 0.0679. The zero-order chi connectivity index (χ0) is 13.3. The molecular weight excluding hydrogens is 228 g/mol. The average Bonchev–Trinajstić information content (AvgIpc) is 2.63. The Bertz CT molecular complexity index is 444. The average molecular weight is 250 g/mol. The lowest BCUT2D eigenvalue weighted by Crippen LogP contribution is -2.39. The predicted octanol–water partition coefficient (Wildman–Crippen LogP) is 1.57. The largest absolute Gasteiger partial charge is 0.395 e. The van der Waals surface area contributed by atoms with Gasteiger partial charge in [0.2, 0.25) is 0 Å². The zero-order valence-electron chi connectivity index (χ0n) is 11.4.